The molecule has 0 spiro atoms. The van der Waals surface area contributed by atoms with Crippen molar-refractivity contribution < 1.29 is 17.9 Å². The van der Waals surface area contributed by atoms with Gasteiger partial charge in [0.1, 0.15) is 5.75 Å². The highest BCUT2D eigenvalue weighted by atomic mass is 32.2. The molecule has 7 heteroatoms. The van der Waals surface area contributed by atoms with E-state index in [0.29, 0.717) is 11.4 Å². The molecule has 2 aromatic rings. The van der Waals surface area contributed by atoms with Gasteiger partial charge in [0.2, 0.25) is 0 Å². The topological polar surface area (TPSA) is 67.9 Å². The van der Waals surface area contributed by atoms with Gasteiger partial charge >= 0.3 is 0 Å². The third-order valence-corrected chi connectivity index (χ3v) is 5.69. The van der Waals surface area contributed by atoms with E-state index in [1.54, 1.807) is 31.4 Å². The zero-order chi connectivity index (χ0) is 17.9. The van der Waals surface area contributed by atoms with Crippen LogP contribution in [0.5, 0.6) is 5.75 Å². The zero-order valence-corrected chi connectivity index (χ0v) is 15.1. The first kappa shape index (κ1) is 17.6. The third kappa shape index (κ3) is 4.05. The van der Waals surface area contributed by atoms with Crippen molar-refractivity contribution in [2.75, 3.05) is 36.9 Å². The van der Waals surface area contributed by atoms with Gasteiger partial charge in [-0.15, -0.1) is 0 Å². The fourth-order valence-corrected chi connectivity index (χ4v) is 3.97. The lowest BCUT2D eigenvalue weighted by Crippen LogP contribution is -2.22. The van der Waals surface area contributed by atoms with E-state index >= 15 is 0 Å². The Morgan fingerprint density at radius 2 is 1.88 bits per heavy atom. The minimum absolute atomic E-state index is 0.165. The summed E-state index contributed by atoms with van der Waals surface area (Å²) in [4.78, 5) is 2.40. The highest BCUT2D eigenvalue weighted by molar-refractivity contribution is 7.92. The number of ether oxygens (including phenoxy) is 2. The monoisotopic (exact) mass is 362 g/mol. The first-order chi connectivity index (χ1) is 12.0. The van der Waals surface area contributed by atoms with Gasteiger partial charge in [0, 0.05) is 37.6 Å². The molecule has 0 bridgehead atoms. The van der Waals surface area contributed by atoms with Gasteiger partial charge in [0.05, 0.1) is 18.1 Å². The molecule has 0 amide bonds. The lowest BCUT2D eigenvalue weighted by molar-refractivity contribution is 0.121. The van der Waals surface area contributed by atoms with E-state index in [-0.39, 0.29) is 11.0 Å². The molecule has 3 rings (SSSR count). The highest BCUT2D eigenvalue weighted by Crippen LogP contribution is 2.25. The normalized spacial score (nSPS) is 17.5. The summed E-state index contributed by atoms with van der Waals surface area (Å²) in [5.74, 6) is 0.500. The Morgan fingerprint density at radius 3 is 2.52 bits per heavy atom. The summed E-state index contributed by atoms with van der Waals surface area (Å²) in [6.45, 7) is 1.79. The molecule has 1 aliphatic heterocycles. The Morgan fingerprint density at radius 1 is 1.12 bits per heavy atom. The highest BCUT2D eigenvalue weighted by Gasteiger charge is 2.22. The van der Waals surface area contributed by atoms with Crippen LogP contribution in [0.2, 0.25) is 0 Å². The van der Waals surface area contributed by atoms with Crippen molar-refractivity contribution >= 4 is 21.4 Å². The first-order valence-corrected chi connectivity index (χ1v) is 9.55. The van der Waals surface area contributed by atoms with Crippen LogP contribution >= 0.6 is 0 Å². The van der Waals surface area contributed by atoms with Crippen molar-refractivity contribution in [2.24, 2.45) is 0 Å². The van der Waals surface area contributed by atoms with Crippen molar-refractivity contribution in [2.45, 2.75) is 17.4 Å². The zero-order valence-electron chi connectivity index (χ0n) is 14.3. The van der Waals surface area contributed by atoms with Crippen LogP contribution in [-0.4, -0.2) is 41.8 Å². The van der Waals surface area contributed by atoms with Gasteiger partial charge in [-0.3, -0.25) is 4.72 Å². The molecule has 1 N–H and O–H groups in total. The summed E-state index contributed by atoms with van der Waals surface area (Å²) < 4.78 is 38.1. The average molecular weight is 362 g/mol. The van der Waals surface area contributed by atoms with Gasteiger partial charge in [0.15, 0.2) is 0 Å². The van der Waals surface area contributed by atoms with Crippen molar-refractivity contribution in [3.63, 3.8) is 0 Å². The van der Waals surface area contributed by atoms with Crippen LogP contribution in [0.3, 0.4) is 0 Å². The summed E-state index contributed by atoms with van der Waals surface area (Å²) in [6, 6.07) is 13.8. The molecule has 1 atom stereocenters. The number of sulfonamides is 1. The number of anilines is 2. The van der Waals surface area contributed by atoms with Crippen molar-refractivity contribution in [1.82, 2.24) is 0 Å². The summed E-state index contributed by atoms with van der Waals surface area (Å²) >= 11 is 0. The average Bonchev–Trinajstić information content (AvgIpc) is 3.11. The van der Waals surface area contributed by atoms with E-state index < -0.39 is 10.0 Å². The molecule has 1 aliphatic rings. The van der Waals surface area contributed by atoms with Gasteiger partial charge in [-0.05, 0) is 42.8 Å². The standard InChI is InChI=1S/C18H22N2O4S/c1-23-16-4-3-5-18(12-16)25(21,22)19-14-6-8-15(9-7-14)20-11-10-17(13-20)24-2/h3-9,12,17,19H,10-11,13H2,1-2H3. The van der Waals surface area contributed by atoms with Crippen LogP contribution < -0.4 is 14.4 Å². The Bertz CT molecular complexity index is 821. The maximum Gasteiger partial charge on any atom is 0.262 e. The minimum Gasteiger partial charge on any atom is -0.497 e. The lowest BCUT2D eigenvalue weighted by atomic mass is 10.2. The SMILES string of the molecule is COc1cccc(S(=O)(=O)Nc2ccc(N3CCC(OC)C3)cc2)c1. The van der Waals surface area contributed by atoms with Crippen LogP contribution in [-0.2, 0) is 14.8 Å². The second-order valence-electron chi connectivity index (χ2n) is 5.92. The van der Waals surface area contributed by atoms with Gasteiger partial charge < -0.3 is 14.4 Å². The van der Waals surface area contributed by atoms with Crippen molar-refractivity contribution in [3.05, 3.63) is 48.5 Å². The fourth-order valence-electron chi connectivity index (χ4n) is 2.88. The molecule has 134 valence electrons. The predicted molar refractivity (Wildman–Crippen MR) is 97.9 cm³/mol. The summed E-state index contributed by atoms with van der Waals surface area (Å²) in [5.41, 5.74) is 1.58. The molecule has 0 saturated carbocycles. The van der Waals surface area contributed by atoms with Crippen LogP contribution in [0, 0.1) is 0 Å². The smallest absolute Gasteiger partial charge is 0.262 e. The molecule has 6 nitrogen and oxygen atoms in total. The van der Waals surface area contributed by atoms with Crippen molar-refractivity contribution in [1.29, 1.82) is 0 Å². The molecular formula is C18H22N2O4S. The van der Waals surface area contributed by atoms with Crippen molar-refractivity contribution in [3.8, 4) is 5.75 Å². The molecule has 25 heavy (non-hydrogen) atoms. The second-order valence-corrected chi connectivity index (χ2v) is 7.61. The quantitative estimate of drug-likeness (QED) is 0.856. The third-order valence-electron chi connectivity index (χ3n) is 4.31. The molecule has 2 aromatic carbocycles. The summed E-state index contributed by atoms with van der Waals surface area (Å²) in [5, 5.41) is 0. The Balaban J connectivity index is 1.72. The molecular weight excluding hydrogens is 340 g/mol. The minimum atomic E-state index is -3.65. The molecule has 1 saturated heterocycles. The Hall–Kier alpha value is -2.25. The van der Waals surface area contributed by atoms with Crippen LogP contribution in [0.25, 0.3) is 0 Å². The van der Waals surface area contributed by atoms with Gasteiger partial charge in [-0.2, -0.15) is 0 Å². The van der Waals surface area contributed by atoms with E-state index in [2.05, 4.69) is 9.62 Å². The largest absolute Gasteiger partial charge is 0.497 e. The molecule has 1 fully saturated rings. The molecule has 0 aliphatic carbocycles. The Labute approximate surface area is 148 Å². The van der Waals surface area contributed by atoms with E-state index in [1.165, 1.54) is 19.2 Å². The summed E-state index contributed by atoms with van der Waals surface area (Å²) in [7, 11) is -0.423. The molecule has 0 radical (unpaired) electrons. The van der Waals surface area contributed by atoms with E-state index in [9.17, 15) is 8.42 Å². The van der Waals surface area contributed by atoms with Crippen LogP contribution in [0.4, 0.5) is 11.4 Å². The van der Waals surface area contributed by atoms with E-state index in [4.69, 9.17) is 9.47 Å². The number of hydrogen-bond donors (Lipinski definition) is 1. The second kappa shape index (κ2) is 7.33. The number of benzene rings is 2. The maximum atomic E-state index is 12.5. The lowest BCUT2D eigenvalue weighted by Gasteiger charge is -2.19. The predicted octanol–water partition coefficient (Wildman–Crippen LogP) is 2.72. The van der Waals surface area contributed by atoms with Gasteiger partial charge in [0.25, 0.3) is 10.0 Å². The molecule has 1 heterocycles. The maximum absolute atomic E-state index is 12.5. The number of methoxy groups -OCH3 is 2. The molecule has 1 unspecified atom stereocenters. The van der Waals surface area contributed by atoms with Crippen LogP contribution in [0.15, 0.2) is 53.4 Å². The first-order valence-electron chi connectivity index (χ1n) is 8.06. The Kier molecular flexibility index (Phi) is 5.15. The van der Waals surface area contributed by atoms with E-state index in [1.807, 2.05) is 12.1 Å². The fraction of sp³-hybridized carbons (Fsp3) is 0.333. The van der Waals surface area contributed by atoms with Gasteiger partial charge in [-0.25, -0.2) is 8.42 Å². The number of hydrogen-bond acceptors (Lipinski definition) is 5. The van der Waals surface area contributed by atoms with E-state index in [0.717, 1.165) is 25.2 Å². The summed E-state index contributed by atoms with van der Waals surface area (Å²) in [6.07, 6.45) is 1.26. The molecule has 0 aromatic heterocycles. The number of rotatable bonds is 6. The van der Waals surface area contributed by atoms with Crippen LogP contribution in [0.1, 0.15) is 6.42 Å². The number of nitrogens with one attached hydrogen (secondary N) is 1. The number of nitrogens with zero attached hydrogens (tertiary/aromatic N) is 1. The van der Waals surface area contributed by atoms with Gasteiger partial charge in [-0.1, -0.05) is 6.07 Å².